The van der Waals surface area contributed by atoms with Crippen molar-refractivity contribution in [2.45, 2.75) is 19.1 Å². The molecule has 1 saturated heterocycles. The van der Waals surface area contributed by atoms with Crippen LogP contribution in [-0.4, -0.2) is 55.1 Å². The summed E-state index contributed by atoms with van der Waals surface area (Å²) in [6.07, 6.45) is -4.42. The highest BCUT2D eigenvalue weighted by Gasteiger charge is 2.31. The van der Waals surface area contributed by atoms with Crippen molar-refractivity contribution < 1.29 is 22.8 Å². The number of halogens is 3. The summed E-state index contributed by atoms with van der Waals surface area (Å²) in [4.78, 5) is 24.0. The molecule has 0 spiro atoms. The molecule has 98 valence electrons. The Kier molecular flexibility index (Phi) is 4.33. The van der Waals surface area contributed by atoms with Crippen LogP contribution in [0.3, 0.4) is 0 Å². The van der Waals surface area contributed by atoms with Gasteiger partial charge in [0, 0.05) is 13.1 Å². The van der Waals surface area contributed by atoms with Gasteiger partial charge in [0.15, 0.2) is 0 Å². The molecule has 1 atom stereocenters. The Labute approximate surface area is 96.3 Å². The molecule has 8 heteroatoms. The topological polar surface area (TPSA) is 61.4 Å². The number of amides is 2. The highest BCUT2D eigenvalue weighted by atomic mass is 19.4. The maximum Gasteiger partial charge on any atom is 0.405 e. The molecular weight excluding hydrogens is 239 g/mol. The van der Waals surface area contributed by atoms with E-state index < -0.39 is 24.7 Å². The van der Waals surface area contributed by atoms with E-state index in [0.717, 1.165) is 0 Å². The summed E-state index contributed by atoms with van der Waals surface area (Å²) in [6.45, 7) is 1.00. The van der Waals surface area contributed by atoms with Crippen molar-refractivity contribution in [3.8, 4) is 0 Å². The first-order valence-corrected chi connectivity index (χ1v) is 5.15. The molecule has 0 aromatic heterocycles. The molecule has 1 rings (SSSR count). The lowest BCUT2D eigenvalue weighted by molar-refractivity contribution is -0.142. The van der Waals surface area contributed by atoms with Crippen LogP contribution >= 0.6 is 0 Å². The average Bonchev–Trinajstić information content (AvgIpc) is 2.24. The van der Waals surface area contributed by atoms with Gasteiger partial charge >= 0.3 is 6.18 Å². The molecule has 1 heterocycles. The van der Waals surface area contributed by atoms with Crippen LogP contribution in [0.5, 0.6) is 0 Å². The van der Waals surface area contributed by atoms with E-state index in [1.165, 1.54) is 11.8 Å². The highest BCUT2D eigenvalue weighted by molar-refractivity contribution is 5.83. The molecule has 0 saturated carbocycles. The molecule has 17 heavy (non-hydrogen) atoms. The zero-order chi connectivity index (χ0) is 13.1. The Morgan fingerprint density at radius 3 is 2.76 bits per heavy atom. The van der Waals surface area contributed by atoms with Crippen molar-refractivity contribution in [2.24, 2.45) is 0 Å². The number of piperazine rings is 1. The largest absolute Gasteiger partial charge is 0.405 e. The number of nitrogens with one attached hydrogen (secondary N) is 2. The number of carbonyl (C=O) groups excluding carboxylic acids is 2. The van der Waals surface area contributed by atoms with Crippen molar-refractivity contribution in [3.05, 3.63) is 0 Å². The molecule has 5 nitrogen and oxygen atoms in total. The van der Waals surface area contributed by atoms with Crippen LogP contribution in [0.4, 0.5) is 13.2 Å². The zero-order valence-electron chi connectivity index (χ0n) is 9.30. The van der Waals surface area contributed by atoms with Crippen molar-refractivity contribution in [3.63, 3.8) is 0 Å². The number of rotatable bonds is 3. The van der Waals surface area contributed by atoms with Crippen molar-refractivity contribution in [1.29, 1.82) is 0 Å². The summed E-state index contributed by atoms with van der Waals surface area (Å²) >= 11 is 0. The third-order valence-corrected chi connectivity index (χ3v) is 2.46. The minimum absolute atomic E-state index is 0.0284. The fourth-order valence-electron chi connectivity index (χ4n) is 1.49. The van der Waals surface area contributed by atoms with Crippen LogP contribution in [0, 0.1) is 0 Å². The van der Waals surface area contributed by atoms with Gasteiger partial charge in [-0.2, -0.15) is 13.2 Å². The quantitative estimate of drug-likeness (QED) is 0.712. The van der Waals surface area contributed by atoms with Gasteiger partial charge in [0.05, 0.1) is 12.6 Å². The van der Waals surface area contributed by atoms with E-state index in [1.807, 2.05) is 0 Å². The summed E-state index contributed by atoms with van der Waals surface area (Å²) in [7, 11) is 0. The van der Waals surface area contributed by atoms with Gasteiger partial charge in [-0.3, -0.25) is 14.5 Å². The van der Waals surface area contributed by atoms with E-state index in [9.17, 15) is 22.8 Å². The normalized spacial score (nSPS) is 19.6. The third-order valence-electron chi connectivity index (χ3n) is 2.46. The lowest BCUT2D eigenvalue weighted by atomic mass is 10.2. The predicted octanol–water partition coefficient (Wildman–Crippen LogP) is -0.515. The molecule has 2 amide bonds. The molecular formula is C9H14F3N3O2. The summed E-state index contributed by atoms with van der Waals surface area (Å²) in [6, 6.07) is -0.747. The molecule has 0 aliphatic carbocycles. The molecule has 1 fully saturated rings. The third kappa shape index (κ3) is 4.59. The molecule has 0 aromatic carbocycles. The summed E-state index contributed by atoms with van der Waals surface area (Å²) in [5.74, 6) is -0.955. The summed E-state index contributed by atoms with van der Waals surface area (Å²) in [5, 5.41) is 4.37. The van der Waals surface area contributed by atoms with Crippen molar-refractivity contribution >= 4 is 11.8 Å². The second-order valence-corrected chi connectivity index (χ2v) is 3.83. The molecule has 1 unspecified atom stereocenters. The summed E-state index contributed by atoms with van der Waals surface area (Å²) < 4.78 is 35.7. The van der Waals surface area contributed by atoms with Gasteiger partial charge in [-0.15, -0.1) is 0 Å². The van der Waals surface area contributed by atoms with Crippen LogP contribution in [0.2, 0.25) is 0 Å². The number of alkyl halides is 3. The first-order valence-electron chi connectivity index (χ1n) is 5.15. The van der Waals surface area contributed by atoms with Gasteiger partial charge in [-0.1, -0.05) is 0 Å². The first-order chi connectivity index (χ1) is 7.79. The SMILES string of the molecule is CC(C(=O)NCC(F)(F)F)N1CCNC(=O)C1. The lowest BCUT2D eigenvalue weighted by Crippen LogP contribution is -2.55. The first kappa shape index (κ1) is 13.8. The molecule has 1 aliphatic rings. The second kappa shape index (κ2) is 5.35. The van der Waals surface area contributed by atoms with Gasteiger partial charge in [-0.25, -0.2) is 0 Å². The maximum absolute atomic E-state index is 11.9. The Balaban J connectivity index is 2.43. The van der Waals surface area contributed by atoms with E-state index in [4.69, 9.17) is 0 Å². The van der Waals surface area contributed by atoms with E-state index in [1.54, 1.807) is 5.32 Å². The van der Waals surface area contributed by atoms with Gasteiger partial charge in [-0.05, 0) is 6.92 Å². The van der Waals surface area contributed by atoms with Gasteiger partial charge in [0.25, 0.3) is 0 Å². The predicted molar refractivity (Wildman–Crippen MR) is 53.1 cm³/mol. The van der Waals surface area contributed by atoms with Gasteiger partial charge in [0.2, 0.25) is 11.8 Å². The van der Waals surface area contributed by atoms with E-state index in [0.29, 0.717) is 13.1 Å². The number of nitrogens with zero attached hydrogens (tertiary/aromatic N) is 1. The monoisotopic (exact) mass is 253 g/mol. The fourth-order valence-corrected chi connectivity index (χ4v) is 1.49. The Morgan fingerprint density at radius 1 is 1.59 bits per heavy atom. The highest BCUT2D eigenvalue weighted by Crippen LogP contribution is 2.12. The van der Waals surface area contributed by atoms with Gasteiger partial charge < -0.3 is 10.6 Å². The van der Waals surface area contributed by atoms with Crippen LogP contribution in [-0.2, 0) is 9.59 Å². The van der Waals surface area contributed by atoms with E-state index in [-0.39, 0.29) is 12.5 Å². The number of hydrogen-bond acceptors (Lipinski definition) is 3. The smallest absolute Gasteiger partial charge is 0.354 e. The van der Waals surface area contributed by atoms with Gasteiger partial charge in [0.1, 0.15) is 6.54 Å². The minimum atomic E-state index is -4.42. The van der Waals surface area contributed by atoms with Crippen LogP contribution in [0.15, 0.2) is 0 Å². The number of carbonyl (C=O) groups is 2. The lowest BCUT2D eigenvalue weighted by Gasteiger charge is -2.31. The molecule has 1 aliphatic heterocycles. The Hall–Kier alpha value is -1.31. The molecule has 0 radical (unpaired) electrons. The number of hydrogen-bond donors (Lipinski definition) is 2. The van der Waals surface area contributed by atoms with Crippen molar-refractivity contribution in [2.75, 3.05) is 26.2 Å². The molecule has 2 N–H and O–H groups in total. The van der Waals surface area contributed by atoms with E-state index in [2.05, 4.69) is 5.32 Å². The molecule has 0 aromatic rings. The fraction of sp³-hybridized carbons (Fsp3) is 0.778. The standard InChI is InChI=1S/C9H14F3N3O2/c1-6(8(17)14-5-9(10,11)12)15-3-2-13-7(16)4-15/h6H,2-5H2,1H3,(H,13,16)(H,14,17). The maximum atomic E-state index is 11.9. The van der Waals surface area contributed by atoms with Crippen LogP contribution < -0.4 is 10.6 Å². The average molecular weight is 253 g/mol. The molecule has 0 bridgehead atoms. The Morgan fingerprint density at radius 2 is 2.24 bits per heavy atom. The Bertz CT molecular complexity index is 306. The zero-order valence-corrected chi connectivity index (χ0v) is 9.30. The van der Waals surface area contributed by atoms with Crippen LogP contribution in [0.25, 0.3) is 0 Å². The summed E-state index contributed by atoms with van der Waals surface area (Å²) in [5.41, 5.74) is 0. The van der Waals surface area contributed by atoms with Crippen molar-refractivity contribution in [1.82, 2.24) is 15.5 Å². The van der Waals surface area contributed by atoms with Crippen LogP contribution in [0.1, 0.15) is 6.92 Å². The second-order valence-electron chi connectivity index (χ2n) is 3.83. The van der Waals surface area contributed by atoms with E-state index >= 15 is 0 Å². The minimum Gasteiger partial charge on any atom is -0.354 e.